The molecule has 1 aromatic rings. The van der Waals surface area contributed by atoms with E-state index in [2.05, 4.69) is 24.5 Å². The number of rotatable bonds is 8. The average Bonchev–Trinajstić information content (AvgIpc) is 3.13. The van der Waals surface area contributed by atoms with Gasteiger partial charge in [-0.25, -0.2) is 0 Å². The summed E-state index contributed by atoms with van der Waals surface area (Å²) in [5.41, 5.74) is -0.0438. The molecule has 0 bridgehead atoms. The summed E-state index contributed by atoms with van der Waals surface area (Å²) in [5.74, 6) is -0.225. The van der Waals surface area contributed by atoms with Crippen LogP contribution in [0.15, 0.2) is 24.3 Å². The van der Waals surface area contributed by atoms with Gasteiger partial charge in [0.05, 0.1) is 6.04 Å². The number of carbonyl (C=O) groups excluding carboxylic acids is 4. The summed E-state index contributed by atoms with van der Waals surface area (Å²) in [6.45, 7) is 5.06. The Labute approximate surface area is 192 Å². The van der Waals surface area contributed by atoms with Gasteiger partial charge in [-0.2, -0.15) is 0 Å². The van der Waals surface area contributed by atoms with E-state index in [-0.39, 0.29) is 53.9 Å². The topological polar surface area (TPSA) is 105 Å². The minimum atomic E-state index is -0.764. The highest BCUT2D eigenvalue weighted by Gasteiger charge is 2.69. The van der Waals surface area contributed by atoms with Crippen LogP contribution in [0.4, 0.5) is 0 Å². The molecular weight excluding hydrogens is 434 g/mol. The van der Waals surface area contributed by atoms with Gasteiger partial charge in [0, 0.05) is 24.0 Å². The maximum atomic E-state index is 13.2. The van der Waals surface area contributed by atoms with Crippen molar-refractivity contribution in [2.45, 2.75) is 38.8 Å². The number of carbonyl (C=O) groups is 4. The fraction of sp³-hybridized carbons (Fsp3) is 0.565. The van der Waals surface area contributed by atoms with Crippen LogP contribution in [0.3, 0.4) is 0 Å². The second kappa shape index (κ2) is 8.73. The molecule has 5 atom stereocenters. The monoisotopic (exact) mass is 461 g/mol. The van der Waals surface area contributed by atoms with Gasteiger partial charge in [-0.05, 0) is 54.4 Å². The Balaban J connectivity index is 1.41. The Kier molecular flexibility index (Phi) is 6.16. The molecule has 1 aromatic carbocycles. The fourth-order valence-corrected chi connectivity index (χ4v) is 5.32. The van der Waals surface area contributed by atoms with Crippen molar-refractivity contribution in [1.82, 2.24) is 15.5 Å². The minimum absolute atomic E-state index is 0.0315. The second-order valence-electron chi connectivity index (χ2n) is 9.45. The van der Waals surface area contributed by atoms with E-state index in [1.807, 2.05) is 0 Å². The molecule has 172 valence electrons. The molecule has 0 aromatic heterocycles. The third kappa shape index (κ3) is 4.33. The van der Waals surface area contributed by atoms with Crippen molar-refractivity contribution in [3.63, 3.8) is 0 Å². The highest BCUT2D eigenvalue weighted by Crippen LogP contribution is 2.64. The van der Waals surface area contributed by atoms with Gasteiger partial charge in [-0.1, -0.05) is 25.4 Å². The fourth-order valence-electron chi connectivity index (χ4n) is 5.19. The van der Waals surface area contributed by atoms with Crippen LogP contribution in [0.2, 0.25) is 5.02 Å². The number of aldehydes is 1. The molecule has 1 saturated carbocycles. The van der Waals surface area contributed by atoms with E-state index in [4.69, 9.17) is 16.3 Å². The lowest BCUT2D eigenvalue weighted by atomic mass is 9.97. The number of nitrogens with one attached hydrogen (secondary N) is 2. The summed E-state index contributed by atoms with van der Waals surface area (Å²) in [6.07, 6.45) is 1.58. The molecular formula is C23H28ClN3O5. The number of fused-ring (bicyclic) bond motifs is 1. The summed E-state index contributed by atoms with van der Waals surface area (Å²) in [4.78, 5) is 51.2. The smallest absolute Gasteiger partial charge is 0.261 e. The van der Waals surface area contributed by atoms with Crippen LogP contribution in [-0.4, -0.2) is 60.7 Å². The molecule has 2 heterocycles. The van der Waals surface area contributed by atoms with Crippen LogP contribution >= 0.6 is 11.6 Å². The van der Waals surface area contributed by atoms with Gasteiger partial charge in [0.15, 0.2) is 6.61 Å². The molecule has 3 amide bonds. The summed E-state index contributed by atoms with van der Waals surface area (Å²) in [5, 5.41) is 6.09. The van der Waals surface area contributed by atoms with E-state index in [9.17, 15) is 19.2 Å². The molecule has 2 saturated heterocycles. The molecule has 32 heavy (non-hydrogen) atoms. The average molecular weight is 462 g/mol. The molecule has 2 aliphatic heterocycles. The second-order valence-corrected chi connectivity index (χ2v) is 9.89. The third-order valence-electron chi connectivity index (χ3n) is 7.17. The minimum Gasteiger partial charge on any atom is -0.484 e. The summed E-state index contributed by atoms with van der Waals surface area (Å²) >= 11 is 5.87. The van der Waals surface area contributed by atoms with E-state index in [0.717, 1.165) is 0 Å². The Morgan fingerprint density at radius 2 is 2.06 bits per heavy atom. The first-order chi connectivity index (χ1) is 15.2. The number of halogens is 1. The first-order valence-electron chi connectivity index (χ1n) is 10.9. The molecule has 2 N–H and O–H groups in total. The van der Waals surface area contributed by atoms with E-state index in [1.165, 1.54) is 0 Å². The molecule has 8 nitrogen and oxygen atoms in total. The van der Waals surface area contributed by atoms with E-state index in [1.54, 1.807) is 29.2 Å². The molecule has 3 fully saturated rings. The normalized spacial score (nSPS) is 28.5. The quantitative estimate of drug-likeness (QED) is 0.569. The highest BCUT2D eigenvalue weighted by atomic mass is 35.5. The van der Waals surface area contributed by atoms with Crippen LogP contribution in [0.5, 0.6) is 5.75 Å². The summed E-state index contributed by atoms with van der Waals surface area (Å²) in [6, 6.07) is 5.29. The van der Waals surface area contributed by atoms with Crippen molar-refractivity contribution >= 4 is 35.6 Å². The number of ether oxygens (including phenoxy) is 1. The number of likely N-dealkylation sites (tertiary alicyclic amines) is 1. The largest absolute Gasteiger partial charge is 0.484 e. The van der Waals surface area contributed by atoms with Crippen LogP contribution in [0.25, 0.3) is 0 Å². The third-order valence-corrected chi connectivity index (χ3v) is 7.42. The van der Waals surface area contributed by atoms with Crippen molar-refractivity contribution in [3.8, 4) is 5.75 Å². The number of amides is 3. The Hall–Kier alpha value is -2.61. The zero-order valence-electron chi connectivity index (χ0n) is 18.2. The van der Waals surface area contributed by atoms with Gasteiger partial charge >= 0.3 is 0 Å². The lowest BCUT2D eigenvalue weighted by molar-refractivity contribution is -0.142. The first-order valence-corrected chi connectivity index (χ1v) is 11.3. The van der Waals surface area contributed by atoms with Gasteiger partial charge in [0.2, 0.25) is 11.8 Å². The van der Waals surface area contributed by atoms with Gasteiger partial charge in [0.25, 0.3) is 5.91 Å². The standard InChI is InChI=1S/C23H28ClN3O5/c1-23(2)17-10-27(18(29)12-32-16-5-3-14(24)4-6-16)20(19(17)23)22(31)26-15(11-28)9-13-7-8-25-21(13)30/h3-6,11,13,15,17,19-20H,7-10,12H2,1-2H3,(H,25,30)(H,26,31)/t13-,15-,17-,19-,20?/m0/s1. The summed E-state index contributed by atoms with van der Waals surface area (Å²) < 4.78 is 5.59. The highest BCUT2D eigenvalue weighted by molar-refractivity contribution is 6.30. The molecule has 9 heteroatoms. The van der Waals surface area contributed by atoms with E-state index < -0.39 is 12.1 Å². The van der Waals surface area contributed by atoms with Crippen molar-refractivity contribution in [2.24, 2.45) is 23.2 Å². The lowest BCUT2D eigenvalue weighted by Gasteiger charge is -2.31. The van der Waals surface area contributed by atoms with Crippen LogP contribution in [0.1, 0.15) is 26.7 Å². The maximum absolute atomic E-state index is 13.2. The van der Waals surface area contributed by atoms with Crippen molar-refractivity contribution in [2.75, 3.05) is 19.7 Å². The molecule has 1 unspecified atom stereocenters. The zero-order chi connectivity index (χ0) is 23.0. The molecule has 1 aliphatic carbocycles. The number of piperidine rings is 1. The number of nitrogens with zero attached hydrogens (tertiary/aromatic N) is 1. The van der Waals surface area contributed by atoms with Crippen LogP contribution in [-0.2, 0) is 19.2 Å². The predicted molar refractivity (Wildman–Crippen MR) is 117 cm³/mol. The van der Waals surface area contributed by atoms with Crippen LogP contribution < -0.4 is 15.4 Å². The lowest BCUT2D eigenvalue weighted by Crippen LogP contribution is -2.53. The predicted octanol–water partition coefficient (Wildman–Crippen LogP) is 1.41. The molecule has 4 rings (SSSR count). The maximum Gasteiger partial charge on any atom is 0.261 e. The number of hydrogen-bond donors (Lipinski definition) is 2. The van der Waals surface area contributed by atoms with Gasteiger partial charge in [0.1, 0.15) is 18.1 Å². The number of hydrogen-bond acceptors (Lipinski definition) is 5. The van der Waals surface area contributed by atoms with Crippen LogP contribution in [0, 0.1) is 23.2 Å². The zero-order valence-corrected chi connectivity index (χ0v) is 18.9. The molecule has 0 radical (unpaired) electrons. The Bertz CT molecular complexity index is 919. The van der Waals surface area contributed by atoms with E-state index in [0.29, 0.717) is 36.6 Å². The SMILES string of the molecule is CC1(C)[C@@H]2C(C(=O)N[C@H](C=O)C[C@@H]3CCNC3=O)N(C(=O)COc3ccc(Cl)cc3)C[C@@H]21. The van der Waals surface area contributed by atoms with Crippen molar-refractivity contribution in [1.29, 1.82) is 0 Å². The molecule has 0 spiro atoms. The van der Waals surface area contributed by atoms with E-state index >= 15 is 0 Å². The molecule has 3 aliphatic rings. The van der Waals surface area contributed by atoms with Gasteiger partial charge < -0.3 is 25.1 Å². The van der Waals surface area contributed by atoms with Crippen molar-refractivity contribution in [3.05, 3.63) is 29.3 Å². The van der Waals surface area contributed by atoms with Gasteiger partial charge in [-0.15, -0.1) is 0 Å². The Morgan fingerprint density at radius 3 is 2.69 bits per heavy atom. The van der Waals surface area contributed by atoms with Crippen molar-refractivity contribution < 1.29 is 23.9 Å². The first kappa shape index (κ1) is 22.6. The number of benzene rings is 1. The Morgan fingerprint density at radius 1 is 1.34 bits per heavy atom. The van der Waals surface area contributed by atoms with Gasteiger partial charge in [-0.3, -0.25) is 14.4 Å². The summed E-state index contributed by atoms with van der Waals surface area (Å²) in [7, 11) is 0.